The number of hydrogen-bond donors (Lipinski definition) is 0. The number of ether oxygens (including phenoxy) is 1. The molecular formula is C10H14O2. The van der Waals surface area contributed by atoms with E-state index in [0.717, 1.165) is 12.8 Å². The molecule has 1 rings (SSSR count). The summed E-state index contributed by atoms with van der Waals surface area (Å²) in [7, 11) is 0. The summed E-state index contributed by atoms with van der Waals surface area (Å²) in [4.78, 5) is 10.7. The van der Waals surface area contributed by atoms with Crippen LogP contribution in [0.5, 0.6) is 0 Å². The van der Waals surface area contributed by atoms with Gasteiger partial charge in [-0.25, -0.2) is 0 Å². The van der Waals surface area contributed by atoms with Gasteiger partial charge in [0.1, 0.15) is 6.10 Å². The lowest BCUT2D eigenvalue weighted by Crippen LogP contribution is -2.01. The van der Waals surface area contributed by atoms with E-state index in [9.17, 15) is 4.79 Å². The molecule has 0 aliphatic carbocycles. The van der Waals surface area contributed by atoms with Crippen LogP contribution in [0.3, 0.4) is 0 Å². The van der Waals surface area contributed by atoms with Gasteiger partial charge in [-0.05, 0) is 18.9 Å². The predicted octanol–water partition coefficient (Wildman–Crippen LogP) is 2.21. The molecule has 0 spiro atoms. The van der Waals surface area contributed by atoms with Crippen molar-refractivity contribution in [1.82, 2.24) is 0 Å². The number of hydrogen-bond acceptors (Lipinski definition) is 2. The average Bonchev–Trinajstić information content (AvgIpc) is 2.45. The SMILES string of the molecule is CC/C=C/C=C/[C@@H]1CCC(=O)O1. The number of rotatable bonds is 3. The van der Waals surface area contributed by atoms with Crippen molar-refractivity contribution < 1.29 is 9.53 Å². The Morgan fingerprint density at radius 2 is 2.42 bits per heavy atom. The largest absolute Gasteiger partial charge is 0.458 e. The van der Waals surface area contributed by atoms with Crippen LogP contribution in [0.4, 0.5) is 0 Å². The molecule has 0 radical (unpaired) electrons. The van der Waals surface area contributed by atoms with E-state index < -0.39 is 0 Å². The van der Waals surface area contributed by atoms with E-state index in [4.69, 9.17) is 4.74 Å². The molecule has 0 amide bonds. The zero-order valence-electron chi connectivity index (χ0n) is 7.32. The molecule has 0 aromatic heterocycles. The summed E-state index contributed by atoms with van der Waals surface area (Å²) in [6.07, 6.45) is 10.3. The number of carbonyl (C=O) groups excluding carboxylic acids is 1. The first-order valence-electron chi connectivity index (χ1n) is 4.35. The summed E-state index contributed by atoms with van der Waals surface area (Å²) in [5, 5.41) is 0. The Kier molecular flexibility index (Phi) is 3.58. The van der Waals surface area contributed by atoms with Crippen LogP contribution in [0.2, 0.25) is 0 Å². The summed E-state index contributed by atoms with van der Waals surface area (Å²) in [5.74, 6) is -0.0795. The second-order valence-electron chi connectivity index (χ2n) is 2.79. The van der Waals surface area contributed by atoms with Crippen molar-refractivity contribution in [1.29, 1.82) is 0 Å². The van der Waals surface area contributed by atoms with E-state index in [1.807, 2.05) is 18.2 Å². The molecule has 1 aliphatic rings. The fourth-order valence-corrected chi connectivity index (χ4v) is 1.09. The summed E-state index contributed by atoms with van der Waals surface area (Å²) in [5.41, 5.74) is 0. The molecule has 0 bridgehead atoms. The van der Waals surface area contributed by atoms with Gasteiger partial charge in [-0.15, -0.1) is 0 Å². The van der Waals surface area contributed by atoms with Crippen molar-refractivity contribution in [2.75, 3.05) is 0 Å². The normalized spacial score (nSPS) is 24.1. The number of cyclic esters (lactones) is 1. The van der Waals surface area contributed by atoms with Crippen LogP contribution in [-0.2, 0) is 9.53 Å². The third kappa shape index (κ3) is 2.91. The first kappa shape index (κ1) is 9.04. The van der Waals surface area contributed by atoms with E-state index in [1.54, 1.807) is 0 Å². The second-order valence-corrected chi connectivity index (χ2v) is 2.79. The van der Waals surface area contributed by atoms with Gasteiger partial charge in [0.15, 0.2) is 0 Å². The van der Waals surface area contributed by atoms with E-state index >= 15 is 0 Å². The van der Waals surface area contributed by atoms with Crippen molar-refractivity contribution in [2.45, 2.75) is 32.3 Å². The van der Waals surface area contributed by atoms with Crippen molar-refractivity contribution >= 4 is 5.97 Å². The summed E-state index contributed by atoms with van der Waals surface area (Å²) in [6, 6.07) is 0. The molecule has 0 aromatic rings. The standard InChI is InChI=1S/C10H14O2/c1-2-3-4-5-6-9-7-8-10(11)12-9/h3-6,9H,2,7-8H2,1H3/b4-3+,6-5+/t9-/m1/s1. The minimum Gasteiger partial charge on any atom is -0.458 e. The molecule has 1 aliphatic heterocycles. The molecule has 66 valence electrons. The van der Waals surface area contributed by atoms with E-state index in [1.165, 1.54) is 0 Å². The van der Waals surface area contributed by atoms with Gasteiger partial charge in [0.25, 0.3) is 0 Å². The lowest BCUT2D eigenvalue weighted by Gasteiger charge is -1.99. The van der Waals surface area contributed by atoms with Crippen LogP contribution in [0.1, 0.15) is 26.2 Å². The maximum atomic E-state index is 10.7. The molecule has 1 saturated heterocycles. The Morgan fingerprint density at radius 3 is 3.00 bits per heavy atom. The Bertz CT molecular complexity index is 204. The molecule has 1 atom stereocenters. The summed E-state index contributed by atoms with van der Waals surface area (Å²) < 4.78 is 4.98. The topological polar surface area (TPSA) is 26.3 Å². The molecule has 2 nitrogen and oxygen atoms in total. The van der Waals surface area contributed by atoms with Crippen molar-refractivity contribution in [2.24, 2.45) is 0 Å². The van der Waals surface area contributed by atoms with Gasteiger partial charge in [0.05, 0.1) is 0 Å². The Morgan fingerprint density at radius 1 is 1.58 bits per heavy atom. The van der Waals surface area contributed by atoms with Crippen LogP contribution in [0.15, 0.2) is 24.3 Å². The van der Waals surface area contributed by atoms with E-state index in [0.29, 0.717) is 6.42 Å². The highest BCUT2D eigenvalue weighted by Gasteiger charge is 2.19. The first-order chi connectivity index (χ1) is 5.83. The van der Waals surface area contributed by atoms with Gasteiger partial charge in [-0.1, -0.05) is 25.2 Å². The van der Waals surface area contributed by atoms with Crippen LogP contribution < -0.4 is 0 Å². The third-order valence-corrected chi connectivity index (χ3v) is 1.72. The average molecular weight is 166 g/mol. The predicted molar refractivity (Wildman–Crippen MR) is 47.7 cm³/mol. The van der Waals surface area contributed by atoms with E-state index in [2.05, 4.69) is 13.0 Å². The van der Waals surface area contributed by atoms with Gasteiger partial charge in [-0.2, -0.15) is 0 Å². The van der Waals surface area contributed by atoms with Crippen LogP contribution in [0.25, 0.3) is 0 Å². The summed E-state index contributed by atoms with van der Waals surface area (Å²) in [6.45, 7) is 2.08. The fraction of sp³-hybridized carbons (Fsp3) is 0.500. The number of esters is 1. The van der Waals surface area contributed by atoms with Crippen molar-refractivity contribution in [3.63, 3.8) is 0 Å². The minimum absolute atomic E-state index is 0.0130. The molecule has 1 heterocycles. The van der Waals surface area contributed by atoms with Crippen LogP contribution in [0, 0.1) is 0 Å². The van der Waals surface area contributed by atoms with E-state index in [-0.39, 0.29) is 12.1 Å². The Labute approximate surface area is 72.9 Å². The molecular weight excluding hydrogens is 152 g/mol. The van der Waals surface area contributed by atoms with Crippen LogP contribution >= 0.6 is 0 Å². The Balaban J connectivity index is 2.27. The van der Waals surface area contributed by atoms with Gasteiger partial charge in [-0.3, -0.25) is 4.79 Å². The maximum Gasteiger partial charge on any atom is 0.306 e. The number of allylic oxidation sites excluding steroid dienone is 3. The zero-order chi connectivity index (χ0) is 8.81. The van der Waals surface area contributed by atoms with Crippen molar-refractivity contribution in [3.8, 4) is 0 Å². The Hall–Kier alpha value is -1.05. The molecule has 0 aromatic carbocycles. The third-order valence-electron chi connectivity index (χ3n) is 1.72. The number of carbonyl (C=O) groups is 1. The molecule has 12 heavy (non-hydrogen) atoms. The summed E-state index contributed by atoms with van der Waals surface area (Å²) >= 11 is 0. The van der Waals surface area contributed by atoms with Gasteiger partial charge < -0.3 is 4.74 Å². The quantitative estimate of drug-likeness (QED) is 0.474. The van der Waals surface area contributed by atoms with Crippen molar-refractivity contribution in [3.05, 3.63) is 24.3 Å². The molecule has 0 N–H and O–H groups in total. The molecule has 2 heteroatoms. The highest BCUT2D eigenvalue weighted by molar-refractivity contribution is 5.71. The fourth-order valence-electron chi connectivity index (χ4n) is 1.09. The zero-order valence-corrected chi connectivity index (χ0v) is 7.32. The van der Waals surface area contributed by atoms with Gasteiger partial charge >= 0.3 is 5.97 Å². The molecule has 0 saturated carbocycles. The lowest BCUT2D eigenvalue weighted by atomic mass is 10.2. The van der Waals surface area contributed by atoms with Gasteiger partial charge in [0, 0.05) is 6.42 Å². The lowest BCUT2D eigenvalue weighted by molar-refractivity contribution is -0.139. The van der Waals surface area contributed by atoms with Gasteiger partial charge in [0.2, 0.25) is 0 Å². The smallest absolute Gasteiger partial charge is 0.306 e. The monoisotopic (exact) mass is 166 g/mol. The molecule has 0 unspecified atom stereocenters. The minimum atomic E-state index is -0.0795. The first-order valence-corrected chi connectivity index (χ1v) is 4.35. The van der Waals surface area contributed by atoms with Crippen LogP contribution in [-0.4, -0.2) is 12.1 Å². The highest BCUT2D eigenvalue weighted by Crippen LogP contribution is 2.14. The highest BCUT2D eigenvalue weighted by atomic mass is 16.5. The second kappa shape index (κ2) is 4.75. The maximum absolute atomic E-state index is 10.7. The molecule has 1 fully saturated rings.